The summed E-state index contributed by atoms with van der Waals surface area (Å²) in [6, 6.07) is 12.8. The van der Waals surface area contributed by atoms with E-state index in [2.05, 4.69) is 58.1 Å². The molecule has 1 aromatic heterocycles. The van der Waals surface area contributed by atoms with Crippen LogP contribution in [0.15, 0.2) is 36.4 Å². The molecule has 2 aromatic rings. The van der Waals surface area contributed by atoms with Crippen molar-refractivity contribution in [2.45, 2.75) is 19.4 Å². The van der Waals surface area contributed by atoms with Crippen LogP contribution in [0.3, 0.4) is 0 Å². The van der Waals surface area contributed by atoms with Gasteiger partial charge in [-0.15, -0.1) is 0 Å². The summed E-state index contributed by atoms with van der Waals surface area (Å²) in [5, 5.41) is 1.23. The number of piperidine rings is 1. The Bertz CT molecular complexity index is 685. The molecule has 4 heteroatoms. The molecule has 0 aliphatic carbocycles. The third-order valence-corrected chi connectivity index (χ3v) is 5.86. The van der Waals surface area contributed by atoms with E-state index < -0.39 is 0 Å². The van der Waals surface area contributed by atoms with E-state index in [1.165, 1.54) is 69.7 Å². The van der Waals surface area contributed by atoms with Crippen molar-refractivity contribution in [2.24, 2.45) is 5.92 Å². The summed E-state index contributed by atoms with van der Waals surface area (Å²) in [6.07, 6.45) is 2.67. The average Bonchev–Trinajstić information content (AvgIpc) is 2.65. The van der Waals surface area contributed by atoms with Gasteiger partial charge in [-0.25, -0.2) is 0 Å². The lowest BCUT2D eigenvalue weighted by Crippen LogP contribution is -2.47. The maximum absolute atomic E-state index is 4.83. The van der Waals surface area contributed by atoms with Crippen LogP contribution in [0.25, 0.3) is 10.9 Å². The molecule has 1 aromatic carbocycles. The van der Waals surface area contributed by atoms with Gasteiger partial charge >= 0.3 is 0 Å². The number of nitrogens with zero attached hydrogens (tertiary/aromatic N) is 4. The number of likely N-dealkylation sites (tertiary alicyclic amines) is 1. The summed E-state index contributed by atoms with van der Waals surface area (Å²) < 4.78 is 0. The maximum Gasteiger partial charge on any atom is 0.0705 e. The molecule has 0 spiro atoms. The number of aromatic nitrogens is 1. The molecule has 0 radical (unpaired) electrons. The van der Waals surface area contributed by atoms with Crippen molar-refractivity contribution in [3.63, 3.8) is 0 Å². The van der Waals surface area contributed by atoms with Gasteiger partial charge < -0.3 is 9.80 Å². The van der Waals surface area contributed by atoms with Gasteiger partial charge in [-0.3, -0.25) is 9.88 Å². The van der Waals surface area contributed by atoms with E-state index in [9.17, 15) is 0 Å². The quantitative estimate of drug-likeness (QED) is 0.855. The Hall–Kier alpha value is -1.49. The number of fused-ring (bicyclic) bond motifs is 1. The molecule has 2 aliphatic rings. The van der Waals surface area contributed by atoms with Crippen molar-refractivity contribution in [1.82, 2.24) is 19.7 Å². The molecular weight excluding hydrogens is 308 g/mol. The highest BCUT2D eigenvalue weighted by Crippen LogP contribution is 2.21. The Kier molecular flexibility index (Phi) is 5.30. The molecule has 3 heterocycles. The van der Waals surface area contributed by atoms with Gasteiger partial charge in [0, 0.05) is 44.7 Å². The molecule has 4 rings (SSSR count). The lowest BCUT2D eigenvalue weighted by atomic mass is 9.95. The fourth-order valence-electron chi connectivity index (χ4n) is 4.15. The number of benzene rings is 1. The fourth-order valence-corrected chi connectivity index (χ4v) is 4.15. The highest BCUT2D eigenvalue weighted by Gasteiger charge is 2.23. The van der Waals surface area contributed by atoms with Crippen molar-refractivity contribution in [3.05, 3.63) is 42.1 Å². The molecule has 134 valence electrons. The number of pyridine rings is 1. The van der Waals surface area contributed by atoms with Gasteiger partial charge in [-0.2, -0.15) is 0 Å². The number of hydrogen-bond acceptors (Lipinski definition) is 4. The van der Waals surface area contributed by atoms with Gasteiger partial charge in [0.25, 0.3) is 0 Å². The number of para-hydroxylation sites is 1. The van der Waals surface area contributed by atoms with E-state index in [0.29, 0.717) is 0 Å². The first-order chi connectivity index (χ1) is 12.3. The molecule has 0 bridgehead atoms. The Labute approximate surface area is 151 Å². The van der Waals surface area contributed by atoms with Crippen LogP contribution in [-0.4, -0.2) is 72.5 Å². The van der Waals surface area contributed by atoms with Crippen molar-refractivity contribution in [2.75, 3.05) is 52.9 Å². The van der Waals surface area contributed by atoms with E-state index >= 15 is 0 Å². The number of rotatable bonds is 4. The molecule has 0 unspecified atom stereocenters. The summed E-state index contributed by atoms with van der Waals surface area (Å²) in [4.78, 5) is 12.5. The predicted octanol–water partition coefficient (Wildman–Crippen LogP) is 2.69. The largest absolute Gasteiger partial charge is 0.304 e. The summed E-state index contributed by atoms with van der Waals surface area (Å²) in [5.41, 5.74) is 2.32. The van der Waals surface area contributed by atoms with E-state index in [0.717, 1.165) is 18.0 Å². The zero-order valence-corrected chi connectivity index (χ0v) is 15.4. The van der Waals surface area contributed by atoms with Crippen molar-refractivity contribution < 1.29 is 0 Å². The van der Waals surface area contributed by atoms with Crippen molar-refractivity contribution in [1.29, 1.82) is 0 Å². The molecule has 4 nitrogen and oxygen atoms in total. The number of likely N-dealkylation sites (N-methyl/N-ethyl adjacent to an activating group) is 1. The predicted molar refractivity (Wildman–Crippen MR) is 104 cm³/mol. The first kappa shape index (κ1) is 17.0. The van der Waals surface area contributed by atoms with Crippen LogP contribution in [0.2, 0.25) is 0 Å². The van der Waals surface area contributed by atoms with Crippen LogP contribution < -0.4 is 0 Å². The summed E-state index contributed by atoms with van der Waals surface area (Å²) in [6.45, 7) is 9.68. The van der Waals surface area contributed by atoms with Gasteiger partial charge in [0.1, 0.15) is 0 Å². The lowest BCUT2D eigenvalue weighted by Gasteiger charge is -2.37. The van der Waals surface area contributed by atoms with Crippen molar-refractivity contribution in [3.8, 4) is 0 Å². The zero-order chi connectivity index (χ0) is 17.1. The molecule has 0 N–H and O–H groups in total. The van der Waals surface area contributed by atoms with Gasteiger partial charge in [-0.05, 0) is 51.0 Å². The minimum Gasteiger partial charge on any atom is -0.304 e. The van der Waals surface area contributed by atoms with Gasteiger partial charge in [0.05, 0.1) is 11.2 Å². The minimum absolute atomic E-state index is 0.879. The van der Waals surface area contributed by atoms with Crippen LogP contribution >= 0.6 is 0 Å². The molecular formula is C21H30N4. The lowest BCUT2D eigenvalue weighted by molar-refractivity contribution is 0.103. The van der Waals surface area contributed by atoms with E-state index in [-0.39, 0.29) is 0 Å². The van der Waals surface area contributed by atoms with Gasteiger partial charge in [0.15, 0.2) is 0 Å². The Morgan fingerprint density at radius 3 is 2.44 bits per heavy atom. The van der Waals surface area contributed by atoms with E-state index in [1.54, 1.807) is 0 Å². The van der Waals surface area contributed by atoms with Crippen molar-refractivity contribution >= 4 is 10.9 Å². The molecule has 2 saturated heterocycles. The van der Waals surface area contributed by atoms with E-state index in [4.69, 9.17) is 4.98 Å². The van der Waals surface area contributed by atoms with Crippen LogP contribution in [0, 0.1) is 5.92 Å². The highest BCUT2D eigenvalue weighted by molar-refractivity contribution is 5.78. The zero-order valence-electron chi connectivity index (χ0n) is 15.4. The Balaban J connectivity index is 1.26. The Morgan fingerprint density at radius 2 is 1.64 bits per heavy atom. The fraction of sp³-hybridized carbons (Fsp3) is 0.571. The van der Waals surface area contributed by atoms with Gasteiger partial charge in [0.2, 0.25) is 0 Å². The monoisotopic (exact) mass is 338 g/mol. The molecule has 2 aliphatic heterocycles. The third-order valence-electron chi connectivity index (χ3n) is 5.86. The smallest absolute Gasteiger partial charge is 0.0705 e. The first-order valence-corrected chi connectivity index (χ1v) is 9.74. The first-order valence-electron chi connectivity index (χ1n) is 9.74. The highest BCUT2D eigenvalue weighted by atomic mass is 15.2. The summed E-state index contributed by atoms with van der Waals surface area (Å²) in [5.74, 6) is 0.879. The minimum atomic E-state index is 0.879. The summed E-state index contributed by atoms with van der Waals surface area (Å²) in [7, 11) is 2.23. The second-order valence-corrected chi connectivity index (χ2v) is 7.82. The third kappa shape index (κ3) is 4.38. The summed E-state index contributed by atoms with van der Waals surface area (Å²) >= 11 is 0. The molecule has 0 amide bonds. The van der Waals surface area contributed by atoms with Crippen LogP contribution in [0.1, 0.15) is 18.5 Å². The average molecular weight is 338 g/mol. The SMILES string of the molecule is CN1CCN(CC2CCN(Cc3ccc4ccccc4n3)CC2)CC1. The topological polar surface area (TPSA) is 22.6 Å². The molecule has 0 saturated carbocycles. The number of piperazine rings is 1. The second-order valence-electron chi connectivity index (χ2n) is 7.82. The maximum atomic E-state index is 4.83. The molecule has 2 fully saturated rings. The van der Waals surface area contributed by atoms with Crippen LogP contribution in [0.5, 0.6) is 0 Å². The standard InChI is InChI=1S/C21H30N4/c1-23-12-14-25(15-13-23)16-18-8-10-24(11-9-18)17-20-7-6-19-4-2-3-5-21(19)22-20/h2-7,18H,8-17H2,1H3. The number of hydrogen-bond donors (Lipinski definition) is 0. The molecule has 25 heavy (non-hydrogen) atoms. The molecule has 0 atom stereocenters. The van der Waals surface area contributed by atoms with Crippen LogP contribution in [-0.2, 0) is 6.54 Å². The Morgan fingerprint density at radius 1 is 0.880 bits per heavy atom. The van der Waals surface area contributed by atoms with Gasteiger partial charge in [-0.1, -0.05) is 24.3 Å². The van der Waals surface area contributed by atoms with E-state index in [1.807, 2.05) is 0 Å². The van der Waals surface area contributed by atoms with Crippen LogP contribution in [0.4, 0.5) is 0 Å². The second kappa shape index (κ2) is 7.81. The normalized spacial score (nSPS) is 21.8.